The Morgan fingerprint density at radius 3 is 3.00 bits per heavy atom. The van der Waals surface area contributed by atoms with E-state index >= 15 is 0 Å². The van der Waals surface area contributed by atoms with Crippen LogP contribution in [0, 0.1) is 0 Å². The number of aromatic nitrogens is 2. The highest BCUT2D eigenvalue weighted by Crippen LogP contribution is 2.26. The molecule has 3 rings (SSSR count). The smallest absolute Gasteiger partial charge is 0.349 e. The van der Waals surface area contributed by atoms with Gasteiger partial charge in [0, 0.05) is 0 Å². The second-order valence-electron chi connectivity index (χ2n) is 3.70. The van der Waals surface area contributed by atoms with Gasteiger partial charge in [-0.15, -0.1) is 22.7 Å². The lowest BCUT2D eigenvalue weighted by molar-refractivity contribution is 0.0697. The van der Waals surface area contributed by atoms with Crippen LogP contribution in [0.3, 0.4) is 0 Å². The summed E-state index contributed by atoms with van der Waals surface area (Å²) in [5.74, 6) is 0.0940. The molecule has 0 bridgehead atoms. The van der Waals surface area contributed by atoms with Gasteiger partial charge in [0.25, 0.3) is 5.89 Å². The lowest BCUT2D eigenvalue weighted by Gasteiger charge is -2.00. The van der Waals surface area contributed by atoms with Crippen LogP contribution in [0.25, 0.3) is 10.7 Å². The molecule has 0 fully saturated rings. The van der Waals surface area contributed by atoms with E-state index in [2.05, 4.69) is 10.1 Å². The maximum atomic E-state index is 10.9. The number of thiophene rings is 2. The first-order valence-electron chi connectivity index (χ1n) is 5.54. The zero-order chi connectivity index (χ0) is 13.9. The minimum absolute atomic E-state index is 0.0371. The van der Waals surface area contributed by atoms with Crippen molar-refractivity contribution in [2.24, 2.45) is 0 Å². The van der Waals surface area contributed by atoms with Crippen molar-refractivity contribution in [3.05, 3.63) is 39.7 Å². The van der Waals surface area contributed by atoms with Gasteiger partial charge in [-0.3, -0.25) is 0 Å². The summed E-state index contributed by atoms with van der Waals surface area (Å²) in [4.78, 5) is 16.2. The molecule has 0 spiro atoms. The Hall–Kier alpha value is -2.19. The van der Waals surface area contributed by atoms with Crippen molar-refractivity contribution in [3.8, 4) is 16.5 Å². The topological polar surface area (TPSA) is 85.5 Å². The van der Waals surface area contributed by atoms with Crippen LogP contribution in [-0.4, -0.2) is 21.2 Å². The van der Waals surface area contributed by atoms with Crippen LogP contribution < -0.4 is 4.74 Å². The van der Waals surface area contributed by atoms with Crippen molar-refractivity contribution in [3.63, 3.8) is 0 Å². The molecular weight excluding hydrogens is 300 g/mol. The molecule has 0 aliphatic heterocycles. The third-order valence-electron chi connectivity index (χ3n) is 2.38. The molecule has 0 saturated heterocycles. The van der Waals surface area contributed by atoms with Gasteiger partial charge in [-0.1, -0.05) is 11.2 Å². The largest absolute Gasteiger partial charge is 0.482 e. The highest BCUT2D eigenvalue weighted by Gasteiger charge is 2.15. The molecule has 0 amide bonds. The molecule has 6 nitrogen and oxygen atoms in total. The average Bonchev–Trinajstić information content (AvgIpc) is 3.16. The van der Waals surface area contributed by atoms with E-state index in [4.69, 9.17) is 14.4 Å². The van der Waals surface area contributed by atoms with Crippen molar-refractivity contribution in [2.45, 2.75) is 6.61 Å². The van der Waals surface area contributed by atoms with Gasteiger partial charge in [-0.2, -0.15) is 4.98 Å². The monoisotopic (exact) mass is 308 g/mol. The molecule has 3 aromatic rings. The lowest BCUT2D eigenvalue weighted by Crippen LogP contribution is -2.00. The number of nitrogens with zero attached hydrogens (tertiary/aromatic N) is 2. The van der Waals surface area contributed by atoms with E-state index in [1.165, 1.54) is 11.3 Å². The number of ether oxygens (including phenoxy) is 1. The number of carboxylic acid groups (broad SMARTS) is 1. The van der Waals surface area contributed by atoms with E-state index in [0.717, 1.165) is 16.2 Å². The average molecular weight is 308 g/mol. The third kappa shape index (κ3) is 2.56. The molecular formula is C12H8N2O4S2. The van der Waals surface area contributed by atoms with E-state index in [1.807, 2.05) is 17.5 Å². The van der Waals surface area contributed by atoms with Crippen LogP contribution in [0.15, 0.2) is 33.5 Å². The molecule has 0 aromatic carbocycles. The first kappa shape index (κ1) is 12.8. The summed E-state index contributed by atoms with van der Waals surface area (Å²) in [6.07, 6.45) is 0. The molecule has 0 unspecified atom stereocenters. The van der Waals surface area contributed by atoms with Crippen molar-refractivity contribution in [2.75, 3.05) is 0 Å². The van der Waals surface area contributed by atoms with Crippen molar-refractivity contribution in [1.29, 1.82) is 0 Å². The molecule has 102 valence electrons. The number of rotatable bonds is 5. The summed E-state index contributed by atoms with van der Waals surface area (Å²) in [7, 11) is 0. The van der Waals surface area contributed by atoms with Crippen LogP contribution in [0.2, 0.25) is 0 Å². The molecule has 8 heteroatoms. The standard InChI is InChI=1S/C12H8N2O4S2/c15-12(16)10-7(3-5-20-10)17-6-9-13-11(14-18-9)8-2-1-4-19-8/h1-5H,6H2,(H,15,16). The third-order valence-corrected chi connectivity index (χ3v) is 4.13. The number of aromatic carboxylic acids is 1. The summed E-state index contributed by atoms with van der Waals surface area (Å²) >= 11 is 2.62. The summed E-state index contributed by atoms with van der Waals surface area (Å²) in [6, 6.07) is 5.39. The Kier molecular flexibility index (Phi) is 3.48. The van der Waals surface area contributed by atoms with Crippen LogP contribution in [0.5, 0.6) is 5.75 Å². The van der Waals surface area contributed by atoms with E-state index < -0.39 is 5.97 Å². The molecule has 20 heavy (non-hydrogen) atoms. The Morgan fingerprint density at radius 1 is 1.35 bits per heavy atom. The highest BCUT2D eigenvalue weighted by atomic mass is 32.1. The van der Waals surface area contributed by atoms with Crippen molar-refractivity contribution < 1.29 is 19.2 Å². The van der Waals surface area contributed by atoms with Crippen molar-refractivity contribution >= 4 is 28.6 Å². The van der Waals surface area contributed by atoms with E-state index in [1.54, 1.807) is 11.4 Å². The molecule has 0 saturated carbocycles. The maximum absolute atomic E-state index is 10.9. The Labute approximate surface area is 121 Å². The maximum Gasteiger partial charge on any atom is 0.349 e. The van der Waals surface area contributed by atoms with Gasteiger partial charge < -0.3 is 14.4 Å². The zero-order valence-corrected chi connectivity index (χ0v) is 11.6. The summed E-state index contributed by atoms with van der Waals surface area (Å²) in [5.41, 5.74) is 0. The van der Waals surface area contributed by atoms with Crippen LogP contribution >= 0.6 is 22.7 Å². The van der Waals surface area contributed by atoms with E-state index in [0.29, 0.717) is 17.5 Å². The van der Waals surface area contributed by atoms with Gasteiger partial charge in [0.2, 0.25) is 5.82 Å². The molecule has 0 atom stereocenters. The normalized spacial score (nSPS) is 10.6. The fourth-order valence-corrected chi connectivity index (χ4v) is 2.85. The van der Waals surface area contributed by atoms with Crippen LogP contribution in [0.4, 0.5) is 0 Å². The van der Waals surface area contributed by atoms with Gasteiger partial charge in [0.15, 0.2) is 11.5 Å². The summed E-state index contributed by atoms with van der Waals surface area (Å²) in [6.45, 7) is 0.0371. The predicted molar refractivity (Wildman–Crippen MR) is 73.2 cm³/mol. The molecule has 0 aliphatic rings. The number of carbonyl (C=O) groups is 1. The van der Waals surface area contributed by atoms with Gasteiger partial charge in [0.1, 0.15) is 5.75 Å². The van der Waals surface area contributed by atoms with E-state index in [-0.39, 0.29) is 11.5 Å². The SMILES string of the molecule is O=C(O)c1sccc1OCc1nc(-c2cccs2)no1. The molecule has 3 aromatic heterocycles. The molecule has 0 aliphatic carbocycles. The second-order valence-corrected chi connectivity index (χ2v) is 5.56. The molecule has 3 heterocycles. The van der Waals surface area contributed by atoms with Gasteiger partial charge >= 0.3 is 5.97 Å². The molecule has 0 radical (unpaired) electrons. The fourth-order valence-electron chi connectivity index (χ4n) is 1.53. The van der Waals surface area contributed by atoms with Gasteiger partial charge in [0.05, 0.1) is 4.88 Å². The fraction of sp³-hybridized carbons (Fsp3) is 0.0833. The number of hydrogen-bond donors (Lipinski definition) is 1. The van der Waals surface area contributed by atoms with E-state index in [9.17, 15) is 4.79 Å². The quantitative estimate of drug-likeness (QED) is 0.779. The summed E-state index contributed by atoms with van der Waals surface area (Å²) < 4.78 is 10.5. The van der Waals surface area contributed by atoms with Gasteiger partial charge in [-0.25, -0.2) is 4.79 Å². The first-order valence-corrected chi connectivity index (χ1v) is 7.30. The number of carboxylic acids is 1. The minimum atomic E-state index is -1.01. The Morgan fingerprint density at radius 2 is 2.25 bits per heavy atom. The Bertz CT molecular complexity index is 717. The highest BCUT2D eigenvalue weighted by molar-refractivity contribution is 7.13. The van der Waals surface area contributed by atoms with Crippen molar-refractivity contribution in [1.82, 2.24) is 10.1 Å². The number of hydrogen-bond acceptors (Lipinski definition) is 7. The van der Waals surface area contributed by atoms with Gasteiger partial charge in [-0.05, 0) is 22.9 Å². The first-order chi connectivity index (χ1) is 9.74. The zero-order valence-electron chi connectivity index (χ0n) is 9.98. The van der Waals surface area contributed by atoms with Crippen LogP contribution in [-0.2, 0) is 6.61 Å². The van der Waals surface area contributed by atoms with Crippen LogP contribution in [0.1, 0.15) is 15.6 Å². The lowest BCUT2D eigenvalue weighted by atomic mass is 10.4. The minimum Gasteiger partial charge on any atom is -0.482 e. The Balaban J connectivity index is 1.70. The predicted octanol–water partition coefficient (Wildman–Crippen LogP) is 3.14. The second kappa shape index (κ2) is 5.43. The molecule has 1 N–H and O–H groups in total. The summed E-state index contributed by atoms with van der Waals surface area (Å²) in [5, 5.41) is 16.4.